The summed E-state index contributed by atoms with van der Waals surface area (Å²) in [7, 11) is 0. The van der Waals surface area contributed by atoms with Crippen molar-refractivity contribution in [2.75, 3.05) is 25.0 Å². The molecule has 3 atom stereocenters. The molecule has 0 spiro atoms. The summed E-state index contributed by atoms with van der Waals surface area (Å²) in [6, 6.07) is 17.9. The van der Waals surface area contributed by atoms with Crippen molar-refractivity contribution in [2.45, 2.75) is 18.0 Å². The van der Waals surface area contributed by atoms with Crippen molar-refractivity contribution in [1.82, 2.24) is 9.80 Å². The third-order valence-electron chi connectivity index (χ3n) is 6.63. The van der Waals surface area contributed by atoms with Crippen LogP contribution in [0, 0.1) is 23.5 Å². The fraction of sp³-hybridized carbons (Fsp3) is 0.214. The van der Waals surface area contributed by atoms with Gasteiger partial charge in [-0.15, -0.1) is 0 Å². The molecule has 0 bridgehead atoms. The van der Waals surface area contributed by atoms with Crippen molar-refractivity contribution in [3.05, 3.63) is 101 Å². The number of nitrogens with zero attached hydrogens (tertiary/aromatic N) is 2. The Bertz CT molecular complexity index is 1330. The van der Waals surface area contributed by atoms with Crippen LogP contribution in [0.5, 0.6) is 0 Å². The van der Waals surface area contributed by atoms with Gasteiger partial charge < -0.3 is 20.2 Å². The highest BCUT2D eigenvalue weighted by Gasteiger charge is 2.54. The highest BCUT2D eigenvalue weighted by molar-refractivity contribution is 5.93. The second-order valence-electron chi connectivity index (χ2n) is 8.84. The van der Waals surface area contributed by atoms with Crippen LogP contribution in [0.25, 0.3) is 0 Å². The Labute approximate surface area is 207 Å². The molecule has 0 unspecified atom stereocenters. The van der Waals surface area contributed by atoms with E-state index >= 15 is 0 Å². The maximum Gasteiger partial charge on any atom is 0.322 e. The molecule has 3 aromatic carbocycles. The molecule has 5 rings (SSSR count). The highest BCUT2D eigenvalue weighted by atomic mass is 19.1. The van der Waals surface area contributed by atoms with Crippen LogP contribution < -0.4 is 5.32 Å². The lowest BCUT2D eigenvalue weighted by atomic mass is 9.73. The van der Waals surface area contributed by atoms with Crippen molar-refractivity contribution >= 4 is 17.6 Å². The number of carbonyl (C=O) groups is 2. The number of rotatable bonds is 3. The van der Waals surface area contributed by atoms with Crippen LogP contribution in [-0.2, 0) is 4.79 Å². The fourth-order valence-corrected chi connectivity index (χ4v) is 4.86. The predicted molar refractivity (Wildman–Crippen MR) is 130 cm³/mol. The first-order valence-electron chi connectivity index (χ1n) is 11.5. The molecule has 2 saturated heterocycles. The second kappa shape index (κ2) is 9.80. The van der Waals surface area contributed by atoms with E-state index in [1.54, 1.807) is 17.0 Å². The average Bonchev–Trinajstić information content (AvgIpc) is 2.87. The van der Waals surface area contributed by atoms with Crippen molar-refractivity contribution in [1.29, 1.82) is 0 Å². The Morgan fingerprint density at radius 1 is 0.917 bits per heavy atom. The zero-order valence-corrected chi connectivity index (χ0v) is 19.2. The summed E-state index contributed by atoms with van der Waals surface area (Å²) >= 11 is 0. The van der Waals surface area contributed by atoms with Gasteiger partial charge in [-0.25, -0.2) is 13.6 Å². The third-order valence-corrected chi connectivity index (χ3v) is 6.63. The molecule has 2 aliphatic rings. The fourth-order valence-electron chi connectivity index (χ4n) is 4.86. The number of halogens is 2. The molecule has 6 nitrogen and oxygen atoms in total. The number of fused-ring (bicyclic) bond motifs is 1. The Balaban J connectivity index is 1.30. The maximum absolute atomic E-state index is 13.2. The van der Waals surface area contributed by atoms with Gasteiger partial charge >= 0.3 is 6.03 Å². The van der Waals surface area contributed by atoms with Crippen LogP contribution in [0.2, 0.25) is 0 Å². The first kappa shape index (κ1) is 23.5. The summed E-state index contributed by atoms with van der Waals surface area (Å²) in [5.74, 6) is 4.96. The van der Waals surface area contributed by atoms with E-state index in [1.807, 2.05) is 24.3 Å². The molecule has 8 heteroatoms. The van der Waals surface area contributed by atoms with Gasteiger partial charge in [-0.05, 0) is 66.2 Å². The lowest BCUT2D eigenvalue weighted by molar-refractivity contribution is -0.159. The molecule has 2 fully saturated rings. The first-order valence-corrected chi connectivity index (χ1v) is 11.5. The quantitative estimate of drug-likeness (QED) is 0.555. The molecular formula is C28H23F2N3O3. The smallest absolute Gasteiger partial charge is 0.322 e. The topological polar surface area (TPSA) is 72.9 Å². The van der Waals surface area contributed by atoms with Crippen molar-refractivity contribution in [3.8, 4) is 11.8 Å². The van der Waals surface area contributed by atoms with E-state index in [-0.39, 0.29) is 42.9 Å². The van der Waals surface area contributed by atoms with Crippen LogP contribution in [0.3, 0.4) is 0 Å². The largest absolute Gasteiger partial charge is 0.394 e. The minimum absolute atomic E-state index is 0.0926. The average molecular weight is 488 g/mol. The van der Waals surface area contributed by atoms with Gasteiger partial charge in [-0.2, -0.15) is 0 Å². The lowest BCUT2D eigenvalue weighted by Crippen LogP contribution is -2.73. The zero-order valence-electron chi connectivity index (χ0n) is 19.2. The maximum atomic E-state index is 13.2. The number of anilines is 1. The number of urea groups is 1. The monoisotopic (exact) mass is 487 g/mol. The molecule has 2 heterocycles. The van der Waals surface area contributed by atoms with Gasteiger partial charge in [0.05, 0.1) is 18.7 Å². The van der Waals surface area contributed by atoms with E-state index < -0.39 is 11.8 Å². The molecule has 182 valence electrons. The number of carbonyl (C=O) groups excluding carboxylic acids is 2. The third kappa shape index (κ3) is 4.66. The number of aliphatic hydroxyl groups is 1. The highest BCUT2D eigenvalue weighted by Crippen LogP contribution is 2.43. The normalized spacial score (nSPS) is 20.6. The molecule has 2 N–H and O–H groups in total. The number of benzene rings is 3. The minimum Gasteiger partial charge on any atom is -0.394 e. The Kier molecular flexibility index (Phi) is 6.40. The number of hydrogen-bond donors (Lipinski definition) is 2. The van der Waals surface area contributed by atoms with Crippen molar-refractivity contribution in [2.24, 2.45) is 0 Å². The van der Waals surface area contributed by atoms with Gasteiger partial charge in [0.1, 0.15) is 18.2 Å². The number of nitrogens with one attached hydrogen (secondary N) is 1. The number of hydrogen-bond acceptors (Lipinski definition) is 3. The number of amides is 3. The minimum atomic E-state index is -0.438. The number of piperazine rings is 1. The molecule has 0 saturated carbocycles. The molecule has 36 heavy (non-hydrogen) atoms. The Morgan fingerprint density at radius 2 is 1.47 bits per heavy atom. The molecular weight excluding hydrogens is 464 g/mol. The summed E-state index contributed by atoms with van der Waals surface area (Å²) < 4.78 is 26.2. The lowest BCUT2D eigenvalue weighted by Gasteiger charge is -2.58. The summed E-state index contributed by atoms with van der Waals surface area (Å²) in [5.41, 5.74) is 2.86. The van der Waals surface area contributed by atoms with E-state index in [1.165, 1.54) is 41.3 Å². The van der Waals surface area contributed by atoms with Gasteiger partial charge in [0.25, 0.3) is 0 Å². The standard InChI is InChI=1S/C28H23F2N3O3/c29-21-9-5-19(6-10-21)2-1-18-3-7-20(8-4-18)27-24-15-32(16-26(35)33(24)25(27)17-34)28(36)31-23-13-11-22(30)12-14-23/h3-14,24-25,27,34H,15-17H2,(H,31,36)/t24-,25+,27-/m1/s1. The van der Waals surface area contributed by atoms with Gasteiger partial charge in [0.2, 0.25) is 5.91 Å². The predicted octanol–water partition coefficient (Wildman–Crippen LogP) is 3.57. The first-order chi connectivity index (χ1) is 17.4. The van der Waals surface area contributed by atoms with E-state index in [0.717, 1.165) is 11.1 Å². The molecule has 0 aliphatic carbocycles. The summed E-state index contributed by atoms with van der Waals surface area (Å²) in [6.07, 6.45) is 0. The van der Waals surface area contributed by atoms with Crippen molar-refractivity contribution in [3.63, 3.8) is 0 Å². The second-order valence-corrected chi connectivity index (χ2v) is 8.84. The number of aliphatic hydroxyl groups excluding tert-OH is 1. The molecule has 2 aliphatic heterocycles. The van der Waals surface area contributed by atoms with E-state index in [9.17, 15) is 23.5 Å². The van der Waals surface area contributed by atoms with Gasteiger partial charge in [-0.3, -0.25) is 4.79 Å². The molecule has 0 radical (unpaired) electrons. The van der Waals surface area contributed by atoms with Gasteiger partial charge in [0, 0.05) is 29.3 Å². The summed E-state index contributed by atoms with van der Waals surface area (Å²) in [4.78, 5) is 28.7. The van der Waals surface area contributed by atoms with Crippen LogP contribution in [0.4, 0.5) is 19.3 Å². The zero-order chi connectivity index (χ0) is 25.2. The van der Waals surface area contributed by atoms with E-state index in [2.05, 4.69) is 17.2 Å². The van der Waals surface area contributed by atoms with E-state index in [4.69, 9.17) is 0 Å². The molecule has 3 aromatic rings. The van der Waals surface area contributed by atoms with Crippen molar-refractivity contribution < 1.29 is 23.5 Å². The summed E-state index contributed by atoms with van der Waals surface area (Å²) in [6.45, 7) is 0.0392. The molecule has 3 amide bonds. The van der Waals surface area contributed by atoms with Crippen LogP contribution in [-0.4, -0.2) is 58.6 Å². The Morgan fingerprint density at radius 3 is 2.06 bits per heavy atom. The Hall–Kier alpha value is -4.22. The van der Waals surface area contributed by atoms with Gasteiger partial charge in [0.15, 0.2) is 0 Å². The van der Waals surface area contributed by atoms with E-state index in [0.29, 0.717) is 17.8 Å². The van der Waals surface area contributed by atoms with Crippen LogP contribution >= 0.6 is 0 Å². The SMILES string of the molecule is O=C(Nc1ccc(F)cc1)N1CC(=O)N2[C@H](C1)[C@@H](c1ccc(C#Cc3ccc(F)cc3)cc1)[C@@H]2CO. The molecule has 0 aromatic heterocycles. The van der Waals surface area contributed by atoms with Crippen LogP contribution in [0.15, 0.2) is 72.8 Å². The van der Waals surface area contributed by atoms with Gasteiger partial charge in [-0.1, -0.05) is 24.0 Å². The van der Waals surface area contributed by atoms with Crippen LogP contribution in [0.1, 0.15) is 22.6 Å². The summed E-state index contributed by atoms with van der Waals surface area (Å²) in [5, 5.41) is 12.7.